The number of aromatic nitrogens is 2. The number of hydrogen-bond acceptors (Lipinski definition) is 5. The number of amides is 1. The number of nitrogens with zero attached hydrogens (tertiary/aromatic N) is 1. The van der Waals surface area contributed by atoms with Gasteiger partial charge in [0.1, 0.15) is 0 Å². The molecule has 3 aliphatic heterocycles. The first-order valence-electron chi connectivity index (χ1n) is 11.4. The number of carbonyl (C=O) groups is 1. The third-order valence-corrected chi connectivity index (χ3v) is 6.93. The lowest BCUT2D eigenvalue weighted by Gasteiger charge is -2.32. The average Bonchev–Trinajstić information content (AvgIpc) is 3.52. The van der Waals surface area contributed by atoms with Crippen molar-refractivity contribution >= 4 is 17.3 Å². The maximum absolute atomic E-state index is 14.4. The Kier molecular flexibility index (Phi) is 4.82. The van der Waals surface area contributed by atoms with Crippen molar-refractivity contribution in [3.63, 3.8) is 0 Å². The third kappa shape index (κ3) is 3.32. The van der Waals surface area contributed by atoms with Crippen molar-refractivity contribution in [2.45, 2.75) is 24.8 Å². The molecule has 1 saturated carbocycles. The lowest BCUT2D eigenvalue weighted by atomic mass is 9.74. The van der Waals surface area contributed by atoms with Gasteiger partial charge in [-0.1, -0.05) is 17.9 Å². The average molecular weight is 458 g/mol. The molecule has 3 aromatic rings. The van der Waals surface area contributed by atoms with Crippen molar-refractivity contribution < 1.29 is 13.9 Å². The summed E-state index contributed by atoms with van der Waals surface area (Å²) < 4.78 is 19.7. The fourth-order valence-corrected chi connectivity index (χ4v) is 5.26. The van der Waals surface area contributed by atoms with E-state index in [2.05, 4.69) is 37.8 Å². The van der Waals surface area contributed by atoms with Gasteiger partial charge in [-0.25, -0.2) is 4.39 Å². The van der Waals surface area contributed by atoms with Gasteiger partial charge in [0.25, 0.3) is 5.91 Å². The number of methoxy groups -OCH3 is 1. The van der Waals surface area contributed by atoms with Gasteiger partial charge in [0.15, 0.2) is 11.6 Å². The van der Waals surface area contributed by atoms with E-state index in [0.717, 1.165) is 42.1 Å². The largest absolute Gasteiger partial charge is 0.492 e. The summed E-state index contributed by atoms with van der Waals surface area (Å²) in [6, 6.07) is 6.54. The van der Waals surface area contributed by atoms with Gasteiger partial charge in [-0.15, -0.1) is 0 Å². The zero-order valence-corrected chi connectivity index (χ0v) is 18.7. The Hall–Kier alpha value is -3.83. The maximum Gasteiger partial charge on any atom is 0.255 e. The lowest BCUT2D eigenvalue weighted by molar-refractivity contribution is 0.0947. The molecule has 2 saturated heterocycles. The predicted molar refractivity (Wildman–Crippen MR) is 127 cm³/mol. The third-order valence-electron chi connectivity index (χ3n) is 6.93. The molecule has 34 heavy (non-hydrogen) atoms. The van der Waals surface area contributed by atoms with E-state index in [0.29, 0.717) is 35.6 Å². The minimum Gasteiger partial charge on any atom is -0.492 e. The predicted octanol–water partition coefficient (Wildman–Crippen LogP) is 3.36. The highest BCUT2D eigenvalue weighted by Gasteiger charge is 2.49. The molecule has 0 atom stereocenters. The van der Waals surface area contributed by atoms with E-state index in [1.54, 1.807) is 24.5 Å². The highest BCUT2D eigenvalue weighted by Crippen LogP contribution is 2.43. The number of para-hydroxylation sites is 1. The molecule has 1 aromatic carbocycles. The van der Waals surface area contributed by atoms with Crippen LogP contribution < -0.4 is 20.7 Å². The van der Waals surface area contributed by atoms with Crippen molar-refractivity contribution in [1.29, 1.82) is 0 Å². The molecule has 1 amide bonds. The highest BCUT2D eigenvalue weighted by molar-refractivity contribution is 6.06. The summed E-state index contributed by atoms with van der Waals surface area (Å²) >= 11 is 0. The molecular formula is C26H24FN5O2. The molecule has 0 radical (unpaired) electrons. The summed E-state index contributed by atoms with van der Waals surface area (Å²) in [4.78, 5) is 20.6. The normalized spacial score (nSPS) is 22.2. The standard InChI is InChI=1S/C26H24FN5O2/c1-34-24-18(27)3-2-4-20(24)32-23-21-19(7-10-29-25(21)33)31-22(23)17-6-9-28-14-16(17)5-8-26-11-15(12-26)13-30-26/h2-4,6,9,14-15,30-32H,7,10-13H2,1H3,(H,29,33). The number of halogens is 1. The second-order valence-electron chi connectivity index (χ2n) is 9.09. The van der Waals surface area contributed by atoms with E-state index in [-0.39, 0.29) is 17.2 Å². The highest BCUT2D eigenvalue weighted by atomic mass is 19.1. The van der Waals surface area contributed by atoms with Crippen LogP contribution in [0.4, 0.5) is 15.8 Å². The molecule has 2 bridgehead atoms. The van der Waals surface area contributed by atoms with Crippen LogP contribution in [0.3, 0.4) is 0 Å². The molecule has 4 aliphatic rings. The van der Waals surface area contributed by atoms with Gasteiger partial charge in [-0.3, -0.25) is 9.78 Å². The van der Waals surface area contributed by atoms with E-state index < -0.39 is 5.82 Å². The van der Waals surface area contributed by atoms with Crippen LogP contribution in [0.1, 0.15) is 34.5 Å². The van der Waals surface area contributed by atoms with Gasteiger partial charge in [0.2, 0.25) is 0 Å². The molecule has 0 spiro atoms. The van der Waals surface area contributed by atoms with Crippen LogP contribution in [0.15, 0.2) is 36.7 Å². The topological polar surface area (TPSA) is 91.1 Å². The van der Waals surface area contributed by atoms with Crippen molar-refractivity contribution in [2.24, 2.45) is 5.92 Å². The summed E-state index contributed by atoms with van der Waals surface area (Å²) in [7, 11) is 1.42. The van der Waals surface area contributed by atoms with Gasteiger partial charge >= 0.3 is 0 Å². The molecule has 3 fully saturated rings. The Balaban J connectivity index is 1.48. The first-order valence-corrected chi connectivity index (χ1v) is 11.4. The Morgan fingerprint density at radius 2 is 2.18 bits per heavy atom. The Bertz CT molecular complexity index is 1360. The number of pyridine rings is 1. The monoisotopic (exact) mass is 457 g/mol. The Labute approximate surface area is 196 Å². The number of rotatable bonds is 4. The Morgan fingerprint density at radius 1 is 1.29 bits per heavy atom. The van der Waals surface area contributed by atoms with Crippen LogP contribution >= 0.6 is 0 Å². The van der Waals surface area contributed by atoms with Gasteiger partial charge in [-0.2, -0.15) is 0 Å². The minimum atomic E-state index is -0.486. The van der Waals surface area contributed by atoms with Crippen molar-refractivity contribution in [3.05, 3.63) is 59.3 Å². The van der Waals surface area contributed by atoms with E-state index in [1.807, 2.05) is 6.07 Å². The van der Waals surface area contributed by atoms with Gasteiger partial charge in [0.05, 0.1) is 40.8 Å². The Morgan fingerprint density at radius 3 is 2.97 bits per heavy atom. The van der Waals surface area contributed by atoms with Crippen LogP contribution in [-0.2, 0) is 6.42 Å². The number of H-pyrrole nitrogens is 1. The van der Waals surface area contributed by atoms with Crippen molar-refractivity contribution in [1.82, 2.24) is 20.6 Å². The first kappa shape index (κ1) is 20.8. The second-order valence-corrected chi connectivity index (χ2v) is 9.09. The summed E-state index contributed by atoms with van der Waals surface area (Å²) in [5.41, 5.74) is 4.54. The van der Waals surface area contributed by atoms with Crippen LogP contribution in [0.5, 0.6) is 5.75 Å². The molecule has 8 heteroatoms. The molecule has 1 aliphatic carbocycles. The van der Waals surface area contributed by atoms with E-state index in [9.17, 15) is 9.18 Å². The number of fused-ring (bicyclic) bond motifs is 2. The van der Waals surface area contributed by atoms with E-state index in [4.69, 9.17) is 4.74 Å². The minimum absolute atomic E-state index is 0.0836. The number of nitrogens with one attached hydrogen (secondary N) is 4. The van der Waals surface area contributed by atoms with E-state index in [1.165, 1.54) is 13.2 Å². The summed E-state index contributed by atoms with van der Waals surface area (Å²) in [5.74, 6) is 6.92. The summed E-state index contributed by atoms with van der Waals surface area (Å²) in [6.45, 7) is 1.57. The van der Waals surface area contributed by atoms with Crippen LogP contribution in [0.25, 0.3) is 11.3 Å². The second kappa shape index (κ2) is 7.89. The van der Waals surface area contributed by atoms with Gasteiger partial charge in [0, 0.05) is 36.6 Å². The van der Waals surface area contributed by atoms with Crippen LogP contribution in [0.2, 0.25) is 0 Å². The molecule has 0 unspecified atom stereocenters. The van der Waals surface area contributed by atoms with E-state index >= 15 is 0 Å². The fraction of sp³-hybridized carbons (Fsp3) is 0.308. The number of ether oxygens (including phenoxy) is 1. The first-order chi connectivity index (χ1) is 16.6. The molecule has 2 aromatic heterocycles. The summed E-state index contributed by atoms with van der Waals surface area (Å²) in [5, 5.41) is 9.70. The lowest BCUT2D eigenvalue weighted by Crippen LogP contribution is -2.41. The molecular weight excluding hydrogens is 433 g/mol. The van der Waals surface area contributed by atoms with Gasteiger partial charge in [-0.05, 0) is 43.5 Å². The zero-order chi connectivity index (χ0) is 23.3. The summed E-state index contributed by atoms with van der Waals surface area (Å²) in [6.07, 6.45) is 6.28. The smallest absolute Gasteiger partial charge is 0.255 e. The quantitative estimate of drug-likeness (QED) is 0.451. The zero-order valence-electron chi connectivity index (χ0n) is 18.7. The van der Waals surface area contributed by atoms with Gasteiger partial charge < -0.3 is 25.7 Å². The fourth-order valence-electron chi connectivity index (χ4n) is 5.26. The molecule has 5 heterocycles. The van der Waals surface area contributed by atoms with Crippen LogP contribution in [0, 0.1) is 23.6 Å². The number of benzene rings is 1. The molecule has 7 nitrogen and oxygen atoms in total. The number of aromatic amines is 1. The van der Waals surface area contributed by atoms with Crippen molar-refractivity contribution in [3.8, 4) is 28.8 Å². The number of carbonyl (C=O) groups excluding carboxylic acids is 1. The molecule has 4 N–H and O–H groups in total. The SMILES string of the molecule is COc1c(F)cccc1Nc1c(-c2ccncc2C#CC23CC(CN2)C3)[nH]c2c1C(=O)NCC2. The van der Waals surface area contributed by atoms with Crippen LogP contribution in [-0.4, -0.2) is 41.6 Å². The molecule has 7 rings (SSSR count). The van der Waals surface area contributed by atoms with Crippen molar-refractivity contribution in [2.75, 3.05) is 25.5 Å². The number of hydrogen-bond donors (Lipinski definition) is 4. The number of anilines is 2. The maximum atomic E-state index is 14.4. The molecule has 172 valence electrons.